The van der Waals surface area contributed by atoms with Gasteiger partial charge in [0.15, 0.2) is 0 Å². The van der Waals surface area contributed by atoms with E-state index in [4.69, 9.17) is 0 Å². The standard InChI is InChI=1S/C13H4F13NOS/c14-8(15,10(18,19)12(22,23)24)9(16,17)11(20,21)13(25,26)28-7-3-1-6(2-4-7)27-5-29/h1-4H. The normalized spacial score (nSPS) is 14.4. The number of thiocarbonyl (C=S) groups is 1. The van der Waals surface area contributed by atoms with E-state index in [-0.39, 0.29) is 5.69 Å². The topological polar surface area (TPSA) is 21.6 Å². The van der Waals surface area contributed by atoms with Gasteiger partial charge in [-0.25, -0.2) is 0 Å². The Kier molecular flexibility index (Phi) is 6.29. The Hall–Kier alpha value is -2.09. The molecule has 2 nitrogen and oxygen atoms in total. The average Bonchev–Trinajstić information content (AvgIpc) is 2.55. The summed E-state index contributed by atoms with van der Waals surface area (Å²) in [5.41, 5.74) is -0.135. The lowest BCUT2D eigenvalue weighted by molar-refractivity contribution is -0.456. The Labute approximate surface area is 157 Å². The summed E-state index contributed by atoms with van der Waals surface area (Å²) in [7, 11) is 0. The van der Waals surface area contributed by atoms with Gasteiger partial charge in [-0.2, -0.15) is 62.1 Å². The van der Waals surface area contributed by atoms with Crippen LogP contribution in [0.5, 0.6) is 5.75 Å². The number of alkyl halides is 13. The molecule has 0 atom stereocenters. The van der Waals surface area contributed by atoms with E-state index in [0.29, 0.717) is 12.1 Å². The minimum atomic E-state index is -7.98. The zero-order valence-electron chi connectivity index (χ0n) is 13.0. The fourth-order valence-electron chi connectivity index (χ4n) is 1.61. The van der Waals surface area contributed by atoms with Crippen molar-refractivity contribution >= 4 is 23.1 Å². The largest absolute Gasteiger partial charge is 0.471 e. The number of hydrogen-bond donors (Lipinski definition) is 0. The maximum atomic E-state index is 13.5. The molecule has 0 saturated heterocycles. The Morgan fingerprint density at radius 3 is 1.45 bits per heavy atom. The van der Waals surface area contributed by atoms with Crippen LogP contribution in [0.1, 0.15) is 0 Å². The summed E-state index contributed by atoms with van der Waals surface area (Å²) >= 11 is 4.17. The highest BCUT2D eigenvalue weighted by molar-refractivity contribution is 7.78. The highest BCUT2D eigenvalue weighted by atomic mass is 32.1. The van der Waals surface area contributed by atoms with Gasteiger partial charge in [-0.3, -0.25) is 0 Å². The molecule has 0 aliphatic heterocycles. The van der Waals surface area contributed by atoms with Gasteiger partial charge in [0.05, 0.1) is 10.8 Å². The number of nitrogens with zero attached hydrogens (tertiary/aromatic N) is 1. The quantitative estimate of drug-likeness (QED) is 0.259. The molecule has 0 fully saturated rings. The van der Waals surface area contributed by atoms with E-state index in [1.807, 2.05) is 0 Å². The van der Waals surface area contributed by atoms with Crippen molar-refractivity contribution in [1.82, 2.24) is 0 Å². The summed E-state index contributed by atoms with van der Waals surface area (Å²) in [6, 6.07) is 2.23. The minimum absolute atomic E-state index is 0.135. The fraction of sp³-hybridized carbons (Fsp3) is 0.462. The summed E-state index contributed by atoms with van der Waals surface area (Å²) in [5, 5.41) is 1.79. The second kappa shape index (κ2) is 7.31. The van der Waals surface area contributed by atoms with E-state index in [1.54, 1.807) is 5.16 Å². The van der Waals surface area contributed by atoms with Gasteiger partial charge in [-0.05, 0) is 36.5 Å². The third-order valence-electron chi connectivity index (χ3n) is 3.16. The number of rotatable bonds is 7. The maximum Gasteiger partial charge on any atom is 0.471 e. The van der Waals surface area contributed by atoms with Crippen LogP contribution in [-0.4, -0.2) is 41.1 Å². The zero-order valence-corrected chi connectivity index (χ0v) is 13.8. The molecule has 0 aliphatic rings. The molecule has 1 aromatic rings. The fourth-order valence-corrected chi connectivity index (χ4v) is 1.71. The van der Waals surface area contributed by atoms with E-state index < -0.39 is 41.7 Å². The van der Waals surface area contributed by atoms with Gasteiger partial charge < -0.3 is 4.74 Å². The van der Waals surface area contributed by atoms with Gasteiger partial charge in [0.2, 0.25) is 0 Å². The number of isothiocyanates is 1. The highest BCUT2D eigenvalue weighted by Crippen LogP contribution is 2.60. The predicted octanol–water partition coefficient (Wildman–Crippen LogP) is 6.50. The number of halogens is 13. The summed E-state index contributed by atoms with van der Waals surface area (Å²) < 4.78 is 171. The summed E-state index contributed by atoms with van der Waals surface area (Å²) in [6.07, 6.45) is -14.1. The molecule has 1 rings (SSSR count). The summed E-state index contributed by atoms with van der Waals surface area (Å²) in [5.74, 6) is -32.6. The van der Waals surface area contributed by atoms with Gasteiger partial charge in [-0.15, -0.1) is 0 Å². The van der Waals surface area contributed by atoms with Crippen molar-refractivity contribution in [1.29, 1.82) is 0 Å². The molecule has 0 aliphatic carbocycles. The lowest BCUT2D eigenvalue weighted by Gasteiger charge is -2.39. The Balaban J connectivity index is 3.36. The van der Waals surface area contributed by atoms with Crippen molar-refractivity contribution in [2.75, 3.05) is 0 Å². The lowest BCUT2D eigenvalue weighted by Crippen LogP contribution is -2.70. The van der Waals surface area contributed by atoms with Crippen LogP contribution < -0.4 is 4.74 Å². The molecule has 164 valence electrons. The molecule has 0 amide bonds. The second-order valence-electron chi connectivity index (χ2n) is 5.11. The number of aliphatic imine (C=N–C) groups is 1. The number of hydrogen-bond acceptors (Lipinski definition) is 3. The van der Waals surface area contributed by atoms with E-state index in [1.165, 1.54) is 0 Å². The van der Waals surface area contributed by atoms with E-state index in [0.717, 1.165) is 12.1 Å². The van der Waals surface area contributed by atoms with Crippen LogP contribution in [0.4, 0.5) is 62.8 Å². The molecule has 0 radical (unpaired) electrons. The molecular formula is C13H4F13NOS. The van der Waals surface area contributed by atoms with Gasteiger partial charge in [0.1, 0.15) is 5.75 Å². The number of benzene rings is 1. The SMILES string of the molecule is FC(F)(F)C(F)(F)C(F)(F)C(F)(F)C(F)(F)C(F)(F)Oc1ccc(N=C=S)cc1. The first-order valence-electron chi connectivity index (χ1n) is 6.59. The summed E-state index contributed by atoms with van der Waals surface area (Å²) in [6.45, 7) is 0. The highest BCUT2D eigenvalue weighted by Gasteiger charge is 2.91. The minimum Gasteiger partial charge on any atom is -0.428 e. The van der Waals surface area contributed by atoms with Crippen molar-refractivity contribution in [3.63, 3.8) is 0 Å². The van der Waals surface area contributed by atoms with Crippen molar-refractivity contribution in [3.8, 4) is 5.75 Å². The van der Waals surface area contributed by atoms with Crippen LogP contribution in [0.3, 0.4) is 0 Å². The zero-order chi connectivity index (χ0) is 23.1. The monoisotopic (exact) mass is 469 g/mol. The van der Waals surface area contributed by atoms with Crippen LogP contribution in [0.2, 0.25) is 0 Å². The molecule has 0 unspecified atom stereocenters. The van der Waals surface area contributed by atoms with Crippen LogP contribution in [0.25, 0.3) is 0 Å². The van der Waals surface area contributed by atoms with Gasteiger partial charge in [0, 0.05) is 0 Å². The first kappa shape index (κ1) is 24.9. The van der Waals surface area contributed by atoms with Crippen molar-refractivity contribution in [2.45, 2.75) is 36.0 Å². The lowest BCUT2D eigenvalue weighted by atomic mass is 9.97. The third kappa shape index (κ3) is 3.99. The van der Waals surface area contributed by atoms with Crippen molar-refractivity contribution < 1.29 is 61.8 Å². The van der Waals surface area contributed by atoms with Crippen LogP contribution in [0, 0.1) is 0 Å². The number of ether oxygens (including phenoxy) is 1. The predicted molar refractivity (Wildman–Crippen MR) is 72.5 cm³/mol. The molecular weight excluding hydrogens is 465 g/mol. The molecule has 0 saturated carbocycles. The summed E-state index contributed by atoms with van der Waals surface area (Å²) in [4.78, 5) is 3.28. The maximum absolute atomic E-state index is 13.5. The molecule has 16 heteroatoms. The van der Waals surface area contributed by atoms with Crippen molar-refractivity contribution in [3.05, 3.63) is 24.3 Å². The molecule has 0 aromatic heterocycles. The van der Waals surface area contributed by atoms with Crippen molar-refractivity contribution in [2.24, 2.45) is 4.99 Å². The van der Waals surface area contributed by atoms with E-state index in [9.17, 15) is 57.1 Å². The molecule has 29 heavy (non-hydrogen) atoms. The van der Waals surface area contributed by atoms with Crippen LogP contribution >= 0.6 is 12.2 Å². The molecule has 0 spiro atoms. The second-order valence-corrected chi connectivity index (χ2v) is 5.29. The molecule has 0 N–H and O–H groups in total. The van der Waals surface area contributed by atoms with Gasteiger partial charge >= 0.3 is 36.0 Å². The van der Waals surface area contributed by atoms with Crippen LogP contribution in [0.15, 0.2) is 29.3 Å². The molecule has 0 bridgehead atoms. The Morgan fingerprint density at radius 2 is 1.07 bits per heavy atom. The third-order valence-corrected chi connectivity index (χ3v) is 3.25. The molecule has 0 heterocycles. The molecule has 1 aromatic carbocycles. The van der Waals surface area contributed by atoms with E-state index in [2.05, 4.69) is 21.9 Å². The average molecular weight is 469 g/mol. The Morgan fingerprint density at radius 1 is 0.655 bits per heavy atom. The van der Waals surface area contributed by atoms with Crippen LogP contribution in [-0.2, 0) is 0 Å². The first-order valence-corrected chi connectivity index (χ1v) is 7.00. The first-order chi connectivity index (χ1) is 12.8. The Bertz CT molecular complexity index is 781. The van der Waals surface area contributed by atoms with E-state index >= 15 is 0 Å². The van der Waals surface area contributed by atoms with Gasteiger partial charge in [0.25, 0.3) is 0 Å². The smallest absolute Gasteiger partial charge is 0.428 e. The van der Waals surface area contributed by atoms with Gasteiger partial charge in [-0.1, -0.05) is 0 Å².